The maximum atomic E-state index is 12.0. The fraction of sp³-hybridized carbons (Fsp3) is 0.235. The van der Waals surface area contributed by atoms with Gasteiger partial charge in [0.05, 0.1) is 5.69 Å². The van der Waals surface area contributed by atoms with Gasteiger partial charge in [0.2, 0.25) is 5.91 Å². The third kappa shape index (κ3) is 4.60. The van der Waals surface area contributed by atoms with Crippen molar-refractivity contribution in [2.45, 2.75) is 20.3 Å². The lowest BCUT2D eigenvalue weighted by molar-refractivity contribution is -0.115. The molecular formula is C17H19BrN2O. The number of amides is 1. The van der Waals surface area contributed by atoms with Gasteiger partial charge in [-0.2, -0.15) is 0 Å². The van der Waals surface area contributed by atoms with Crippen LogP contribution in [0.4, 0.5) is 11.4 Å². The van der Waals surface area contributed by atoms with Crippen LogP contribution in [0.3, 0.4) is 0 Å². The molecular weight excluding hydrogens is 328 g/mol. The molecule has 0 spiro atoms. The molecule has 0 bridgehead atoms. The van der Waals surface area contributed by atoms with E-state index < -0.39 is 0 Å². The van der Waals surface area contributed by atoms with Gasteiger partial charge in [0.25, 0.3) is 0 Å². The summed E-state index contributed by atoms with van der Waals surface area (Å²) in [7, 11) is 0. The summed E-state index contributed by atoms with van der Waals surface area (Å²) < 4.78 is 0.905. The molecule has 0 atom stereocenters. The Morgan fingerprint density at radius 1 is 1.10 bits per heavy atom. The lowest BCUT2D eigenvalue weighted by atomic mass is 10.2. The van der Waals surface area contributed by atoms with Crippen LogP contribution in [-0.2, 0) is 4.79 Å². The fourth-order valence-corrected chi connectivity index (χ4v) is 2.61. The van der Waals surface area contributed by atoms with Gasteiger partial charge in [-0.05, 0) is 59.1 Å². The molecule has 0 aliphatic rings. The highest BCUT2D eigenvalue weighted by atomic mass is 79.9. The van der Waals surface area contributed by atoms with Crippen molar-refractivity contribution in [2.24, 2.45) is 0 Å². The number of carbonyl (C=O) groups is 1. The van der Waals surface area contributed by atoms with Crippen molar-refractivity contribution < 1.29 is 4.79 Å². The molecule has 2 rings (SSSR count). The fourth-order valence-electron chi connectivity index (χ4n) is 2.02. The van der Waals surface area contributed by atoms with Crippen LogP contribution >= 0.6 is 15.9 Å². The van der Waals surface area contributed by atoms with Crippen LogP contribution < -0.4 is 10.6 Å². The first kappa shape index (κ1) is 15.6. The van der Waals surface area contributed by atoms with E-state index in [1.54, 1.807) is 0 Å². The minimum Gasteiger partial charge on any atom is -0.384 e. The number of hydrogen-bond donors (Lipinski definition) is 2. The second kappa shape index (κ2) is 7.27. The molecule has 0 saturated heterocycles. The second-order valence-corrected chi connectivity index (χ2v) is 5.88. The van der Waals surface area contributed by atoms with Crippen molar-refractivity contribution in [3.8, 4) is 0 Å². The Morgan fingerprint density at radius 3 is 2.57 bits per heavy atom. The van der Waals surface area contributed by atoms with Gasteiger partial charge in [-0.1, -0.05) is 24.3 Å². The molecule has 4 heteroatoms. The summed E-state index contributed by atoms with van der Waals surface area (Å²) >= 11 is 3.46. The SMILES string of the molecule is Cc1ccc(NC(=O)CCNc2ccccc2C)c(Br)c1. The lowest BCUT2D eigenvalue weighted by Crippen LogP contribution is -2.16. The van der Waals surface area contributed by atoms with Gasteiger partial charge >= 0.3 is 0 Å². The molecule has 0 heterocycles. The lowest BCUT2D eigenvalue weighted by Gasteiger charge is -2.10. The van der Waals surface area contributed by atoms with Gasteiger partial charge in [-0.15, -0.1) is 0 Å². The molecule has 110 valence electrons. The average molecular weight is 347 g/mol. The highest BCUT2D eigenvalue weighted by molar-refractivity contribution is 9.10. The molecule has 0 radical (unpaired) electrons. The molecule has 2 N–H and O–H groups in total. The molecule has 1 amide bonds. The van der Waals surface area contributed by atoms with Crippen LogP contribution in [-0.4, -0.2) is 12.5 Å². The van der Waals surface area contributed by atoms with Crippen LogP contribution in [0.25, 0.3) is 0 Å². The van der Waals surface area contributed by atoms with Crippen molar-refractivity contribution in [1.82, 2.24) is 0 Å². The van der Waals surface area contributed by atoms with Gasteiger partial charge in [0, 0.05) is 23.1 Å². The maximum Gasteiger partial charge on any atom is 0.226 e. The molecule has 2 aromatic rings. The third-order valence-electron chi connectivity index (χ3n) is 3.21. The zero-order valence-electron chi connectivity index (χ0n) is 12.2. The first-order valence-electron chi connectivity index (χ1n) is 6.92. The van der Waals surface area contributed by atoms with E-state index >= 15 is 0 Å². The summed E-state index contributed by atoms with van der Waals surface area (Å²) in [6.45, 7) is 4.68. The molecule has 0 aromatic heterocycles. The number of benzene rings is 2. The molecule has 0 fully saturated rings. The van der Waals surface area contributed by atoms with E-state index in [-0.39, 0.29) is 5.91 Å². The number of hydrogen-bond acceptors (Lipinski definition) is 2. The van der Waals surface area contributed by atoms with Crippen molar-refractivity contribution in [2.75, 3.05) is 17.2 Å². The smallest absolute Gasteiger partial charge is 0.226 e. The summed E-state index contributed by atoms with van der Waals surface area (Å²) in [6.07, 6.45) is 0.425. The highest BCUT2D eigenvalue weighted by Gasteiger charge is 2.06. The topological polar surface area (TPSA) is 41.1 Å². The molecule has 21 heavy (non-hydrogen) atoms. The predicted octanol–water partition coefficient (Wildman–Crippen LogP) is 4.51. The first-order valence-corrected chi connectivity index (χ1v) is 7.71. The van der Waals surface area contributed by atoms with Crippen LogP contribution in [0.15, 0.2) is 46.9 Å². The molecule has 3 nitrogen and oxygen atoms in total. The summed E-state index contributed by atoms with van der Waals surface area (Å²) in [5.74, 6) is 0.000590. The van der Waals surface area contributed by atoms with Crippen molar-refractivity contribution in [3.63, 3.8) is 0 Å². The first-order chi connectivity index (χ1) is 10.1. The molecule has 0 saturated carbocycles. The minimum atomic E-state index is 0.000590. The Kier molecular flexibility index (Phi) is 5.39. The van der Waals surface area contributed by atoms with E-state index in [2.05, 4.69) is 26.6 Å². The van der Waals surface area contributed by atoms with E-state index in [0.717, 1.165) is 21.4 Å². The van der Waals surface area contributed by atoms with Crippen LogP contribution in [0.2, 0.25) is 0 Å². The van der Waals surface area contributed by atoms with E-state index in [1.165, 1.54) is 5.56 Å². The van der Waals surface area contributed by atoms with Crippen LogP contribution in [0, 0.1) is 13.8 Å². The van der Waals surface area contributed by atoms with E-state index in [9.17, 15) is 4.79 Å². The Morgan fingerprint density at radius 2 is 1.86 bits per heavy atom. The Hall–Kier alpha value is -1.81. The maximum absolute atomic E-state index is 12.0. The number of nitrogens with one attached hydrogen (secondary N) is 2. The van der Waals surface area contributed by atoms with E-state index in [1.807, 2.05) is 56.3 Å². The largest absolute Gasteiger partial charge is 0.384 e. The van der Waals surface area contributed by atoms with Crippen molar-refractivity contribution in [3.05, 3.63) is 58.1 Å². The van der Waals surface area contributed by atoms with Gasteiger partial charge in [-0.25, -0.2) is 0 Å². The van der Waals surface area contributed by atoms with Crippen LogP contribution in [0.1, 0.15) is 17.5 Å². The normalized spacial score (nSPS) is 10.2. The summed E-state index contributed by atoms with van der Waals surface area (Å²) in [5.41, 5.74) is 4.21. The number of anilines is 2. The van der Waals surface area contributed by atoms with E-state index in [4.69, 9.17) is 0 Å². The summed E-state index contributed by atoms with van der Waals surface area (Å²) in [4.78, 5) is 12.0. The highest BCUT2D eigenvalue weighted by Crippen LogP contribution is 2.23. The number of para-hydroxylation sites is 1. The van der Waals surface area contributed by atoms with Crippen molar-refractivity contribution in [1.29, 1.82) is 0 Å². The third-order valence-corrected chi connectivity index (χ3v) is 3.87. The zero-order chi connectivity index (χ0) is 15.2. The Bertz CT molecular complexity index is 640. The molecule has 0 aliphatic carbocycles. The van der Waals surface area contributed by atoms with Crippen LogP contribution in [0.5, 0.6) is 0 Å². The van der Waals surface area contributed by atoms with E-state index in [0.29, 0.717) is 13.0 Å². The molecule has 0 aliphatic heterocycles. The van der Waals surface area contributed by atoms with Gasteiger partial charge in [0.15, 0.2) is 0 Å². The minimum absolute atomic E-state index is 0.000590. The monoisotopic (exact) mass is 346 g/mol. The number of halogens is 1. The van der Waals surface area contributed by atoms with Gasteiger partial charge < -0.3 is 10.6 Å². The standard InChI is InChI=1S/C17H19BrN2O/c1-12-7-8-16(14(18)11-12)20-17(21)9-10-19-15-6-4-3-5-13(15)2/h3-8,11,19H,9-10H2,1-2H3,(H,20,21). The number of carbonyl (C=O) groups excluding carboxylic acids is 1. The second-order valence-electron chi connectivity index (χ2n) is 5.02. The van der Waals surface area contributed by atoms with Gasteiger partial charge in [-0.3, -0.25) is 4.79 Å². The number of rotatable bonds is 5. The summed E-state index contributed by atoms with van der Waals surface area (Å²) in [5, 5.41) is 6.19. The Balaban J connectivity index is 1.84. The molecule has 2 aromatic carbocycles. The quantitative estimate of drug-likeness (QED) is 0.836. The summed E-state index contributed by atoms with van der Waals surface area (Å²) in [6, 6.07) is 13.9. The average Bonchev–Trinajstić information content (AvgIpc) is 2.44. The number of aryl methyl sites for hydroxylation is 2. The molecule has 0 unspecified atom stereocenters. The Labute approximate surface area is 133 Å². The van der Waals surface area contributed by atoms with Crippen molar-refractivity contribution >= 4 is 33.2 Å². The predicted molar refractivity (Wildman–Crippen MR) is 91.8 cm³/mol. The zero-order valence-corrected chi connectivity index (χ0v) is 13.8. The van der Waals surface area contributed by atoms with Gasteiger partial charge in [0.1, 0.15) is 0 Å².